The molecule has 1 aromatic carbocycles. The van der Waals surface area contributed by atoms with E-state index >= 15 is 0 Å². The van der Waals surface area contributed by atoms with Crippen molar-refractivity contribution in [1.29, 1.82) is 0 Å². The maximum Gasteiger partial charge on any atom is 0.242 e. The normalized spacial score (nSPS) is 17.3. The van der Waals surface area contributed by atoms with Gasteiger partial charge < -0.3 is 20.5 Å². The van der Waals surface area contributed by atoms with E-state index in [0.29, 0.717) is 6.54 Å². The fourth-order valence-electron chi connectivity index (χ4n) is 3.32. The van der Waals surface area contributed by atoms with Crippen LogP contribution in [0.2, 0.25) is 0 Å². The topological polar surface area (TPSA) is 83.9 Å². The average Bonchev–Trinajstić information content (AvgIpc) is 3.07. The Morgan fingerprint density at radius 2 is 2.12 bits per heavy atom. The van der Waals surface area contributed by atoms with Crippen molar-refractivity contribution in [1.82, 2.24) is 25.2 Å². The van der Waals surface area contributed by atoms with E-state index in [9.17, 15) is 4.79 Å². The number of piperazine rings is 1. The van der Waals surface area contributed by atoms with Gasteiger partial charge in [-0.2, -0.15) is 0 Å². The zero-order valence-electron chi connectivity index (χ0n) is 14.7. The third-order valence-corrected chi connectivity index (χ3v) is 4.63. The standard InChI is InChI=1S/C19H22N6O/c1-2-25-17-4-3-14(23-19(26)16-12-21-9-10-22-16)11-15(17)24-18(25)13-5-7-20-8-6-13/h3-8,11,16,21-22H,2,9-10,12H2,1H3,(H,23,26). The first-order valence-electron chi connectivity index (χ1n) is 8.92. The number of nitrogens with zero attached hydrogens (tertiary/aromatic N) is 3. The molecular weight excluding hydrogens is 328 g/mol. The number of fused-ring (bicyclic) bond motifs is 1. The first-order chi connectivity index (χ1) is 12.8. The van der Waals surface area contributed by atoms with E-state index in [2.05, 4.69) is 32.4 Å². The van der Waals surface area contributed by atoms with Crippen molar-refractivity contribution in [2.75, 3.05) is 25.0 Å². The number of pyridine rings is 1. The Hall–Kier alpha value is -2.77. The minimum absolute atomic E-state index is 0.0270. The highest BCUT2D eigenvalue weighted by atomic mass is 16.2. The second-order valence-corrected chi connectivity index (χ2v) is 6.32. The molecule has 7 nitrogen and oxygen atoms in total. The van der Waals surface area contributed by atoms with Crippen LogP contribution in [0.1, 0.15) is 6.92 Å². The lowest BCUT2D eigenvalue weighted by molar-refractivity contribution is -0.118. The van der Waals surface area contributed by atoms with Crippen molar-refractivity contribution < 1.29 is 4.79 Å². The lowest BCUT2D eigenvalue weighted by Crippen LogP contribution is -2.54. The number of nitrogens with one attached hydrogen (secondary N) is 3. The minimum Gasteiger partial charge on any atom is -0.325 e. The van der Waals surface area contributed by atoms with Gasteiger partial charge in [-0.3, -0.25) is 9.78 Å². The third-order valence-electron chi connectivity index (χ3n) is 4.63. The van der Waals surface area contributed by atoms with Gasteiger partial charge in [-0.15, -0.1) is 0 Å². The lowest BCUT2D eigenvalue weighted by Gasteiger charge is -2.23. The van der Waals surface area contributed by atoms with Crippen LogP contribution in [0.4, 0.5) is 5.69 Å². The number of hydrogen-bond donors (Lipinski definition) is 3. The molecule has 26 heavy (non-hydrogen) atoms. The maximum absolute atomic E-state index is 12.4. The molecule has 7 heteroatoms. The fourth-order valence-corrected chi connectivity index (χ4v) is 3.32. The van der Waals surface area contributed by atoms with Gasteiger partial charge in [0.2, 0.25) is 5.91 Å². The minimum atomic E-state index is -0.208. The summed E-state index contributed by atoms with van der Waals surface area (Å²) in [5, 5.41) is 9.43. The predicted molar refractivity (Wildman–Crippen MR) is 102 cm³/mol. The molecule has 0 radical (unpaired) electrons. The number of imidazole rings is 1. The summed E-state index contributed by atoms with van der Waals surface area (Å²) in [6, 6.07) is 9.58. The molecule has 1 amide bonds. The van der Waals surface area contributed by atoms with Gasteiger partial charge in [0, 0.05) is 49.8 Å². The van der Waals surface area contributed by atoms with Crippen molar-refractivity contribution in [3.8, 4) is 11.4 Å². The van der Waals surface area contributed by atoms with Crippen LogP contribution in [0.5, 0.6) is 0 Å². The molecule has 3 heterocycles. The Morgan fingerprint density at radius 1 is 1.27 bits per heavy atom. The summed E-state index contributed by atoms with van der Waals surface area (Å²) in [5.74, 6) is 0.882. The zero-order valence-corrected chi connectivity index (χ0v) is 14.7. The highest BCUT2D eigenvalue weighted by Gasteiger charge is 2.20. The van der Waals surface area contributed by atoms with Crippen LogP contribution in [0, 0.1) is 0 Å². The van der Waals surface area contributed by atoms with E-state index < -0.39 is 0 Å². The Morgan fingerprint density at radius 3 is 2.85 bits per heavy atom. The van der Waals surface area contributed by atoms with Crippen molar-refractivity contribution in [3.63, 3.8) is 0 Å². The SMILES string of the molecule is CCn1c(-c2ccncc2)nc2cc(NC(=O)C3CNCCN3)ccc21. The number of carbonyl (C=O) groups excluding carboxylic acids is 1. The molecule has 0 bridgehead atoms. The number of aryl methyl sites for hydroxylation is 1. The predicted octanol–water partition coefficient (Wildman–Crippen LogP) is 1.62. The highest BCUT2D eigenvalue weighted by molar-refractivity contribution is 5.97. The summed E-state index contributed by atoms with van der Waals surface area (Å²) < 4.78 is 2.17. The van der Waals surface area contributed by atoms with Gasteiger partial charge >= 0.3 is 0 Å². The van der Waals surface area contributed by atoms with Gasteiger partial charge in [0.1, 0.15) is 5.82 Å². The Labute approximate surface area is 151 Å². The van der Waals surface area contributed by atoms with Crippen molar-refractivity contribution >= 4 is 22.6 Å². The van der Waals surface area contributed by atoms with E-state index in [0.717, 1.165) is 47.7 Å². The molecule has 0 saturated carbocycles. The smallest absolute Gasteiger partial charge is 0.242 e. The van der Waals surface area contributed by atoms with Crippen LogP contribution >= 0.6 is 0 Å². The van der Waals surface area contributed by atoms with E-state index in [4.69, 9.17) is 4.98 Å². The van der Waals surface area contributed by atoms with Gasteiger partial charge in [-0.1, -0.05) is 0 Å². The molecule has 1 fully saturated rings. The molecule has 0 aliphatic carbocycles. The summed E-state index contributed by atoms with van der Waals surface area (Å²) in [6.07, 6.45) is 3.54. The van der Waals surface area contributed by atoms with Crippen LogP contribution in [0.15, 0.2) is 42.7 Å². The van der Waals surface area contributed by atoms with Crippen LogP contribution in [0.25, 0.3) is 22.4 Å². The Kier molecular flexibility index (Phi) is 4.64. The van der Waals surface area contributed by atoms with Crippen LogP contribution in [-0.2, 0) is 11.3 Å². The van der Waals surface area contributed by atoms with Crippen LogP contribution in [0.3, 0.4) is 0 Å². The number of hydrogen-bond acceptors (Lipinski definition) is 5. The summed E-state index contributed by atoms with van der Waals surface area (Å²) >= 11 is 0. The maximum atomic E-state index is 12.4. The molecule has 134 valence electrons. The molecule has 2 aromatic heterocycles. The Bertz CT molecular complexity index is 914. The number of aromatic nitrogens is 3. The molecule has 3 N–H and O–H groups in total. The van der Waals surface area contributed by atoms with Gasteiger partial charge in [0.15, 0.2) is 0 Å². The van der Waals surface area contributed by atoms with Gasteiger partial charge in [-0.05, 0) is 37.3 Å². The van der Waals surface area contributed by atoms with Crippen molar-refractivity contribution in [2.45, 2.75) is 19.5 Å². The number of anilines is 1. The van der Waals surface area contributed by atoms with Gasteiger partial charge in [0.05, 0.1) is 17.1 Å². The molecule has 1 atom stereocenters. The Balaban J connectivity index is 1.64. The van der Waals surface area contributed by atoms with Gasteiger partial charge in [0.25, 0.3) is 0 Å². The van der Waals surface area contributed by atoms with E-state index in [1.54, 1.807) is 12.4 Å². The summed E-state index contributed by atoms with van der Waals surface area (Å²) in [4.78, 5) is 21.3. The monoisotopic (exact) mass is 350 g/mol. The molecule has 1 aliphatic rings. The largest absolute Gasteiger partial charge is 0.325 e. The molecule has 1 saturated heterocycles. The number of benzene rings is 1. The molecular formula is C19H22N6O. The van der Waals surface area contributed by atoms with Crippen LogP contribution < -0.4 is 16.0 Å². The molecule has 0 spiro atoms. The number of carbonyl (C=O) groups is 1. The fraction of sp³-hybridized carbons (Fsp3) is 0.316. The highest BCUT2D eigenvalue weighted by Crippen LogP contribution is 2.26. The van der Waals surface area contributed by atoms with Crippen molar-refractivity contribution in [3.05, 3.63) is 42.7 Å². The summed E-state index contributed by atoms with van der Waals surface area (Å²) in [6.45, 7) is 5.25. The van der Waals surface area contributed by atoms with E-state index in [-0.39, 0.29) is 11.9 Å². The zero-order chi connectivity index (χ0) is 17.9. The van der Waals surface area contributed by atoms with Crippen LogP contribution in [-0.4, -0.2) is 46.1 Å². The first kappa shape index (κ1) is 16.7. The van der Waals surface area contributed by atoms with Gasteiger partial charge in [-0.25, -0.2) is 4.98 Å². The molecule has 1 unspecified atom stereocenters. The quantitative estimate of drug-likeness (QED) is 0.666. The lowest BCUT2D eigenvalue weighted by atomic mass is 10.2. The second kappa shape index (κ2) is 7.23. The van der Waals surface area contributed by atoms with E-state index in [1.807, 2.05) is 30.3 Å². The summed E-state index contributed by atoms with van der Waals surface area (Å²) in [7, 11) is 0. The number of amides is 1. The van der Waals surface area contributed by atoms with E-state index in [1.165, 1.54) is 0 Å². The second-order valence-electron chi connectivity index (χ2n) is 6.32. The van der Waals surface area contributed by atoms with Crippen molar-refractivity contribution in [2.24, 2.45) is 0 Å². The summed E-state index contributed by atoms with van der Waals surface area (Å²) in [5.41, 5.74) is 3.71. The molecule has 4 rings (SSSR count). The molecule has 1 aliphatic heterocycles. The molecule has 3 aromatic rings. The third kappa shape index (κ3) is 3.18. The number of rotatable bonds is 4. The first-order valence-corrected chi connectivity index (χ1v) is 8.92. The average molecular weight is 350 g/mol.